The van der Waals surface area contributed by atoms with E-state index < -0.39 is 0 Å². The lowest BCUT2D eigenvalue weighted by molar-refractivity contribution is 0.0603. The predicted molar refractivity (Wildman–Crippen MR) is 107 cm³/mol. The van der Waals surface area contributed by atoms with E-state index in [0.717, 1.165) is 36.2 Å². The second-order valence-electron chi connectivity index (χ2n) is 6.02. The number of fused-ring (bicyclic) bond motifs is 1. The normalized spacial score (nSPS) is 12.8. The molecule has 0 radical (unpaired) electrons. The van der Waals surface area contributed by atoms with Crippen LogP contribution >= 0.6 is 24.8 Å². The van der Waals surface area contributed by atoms with Crippen LogP contribution in [0.4, 0.5) is 0 Å². The molecule has 5 nitrogen and oxygen atoms in total. The Morgan fingerprint density at radius 3 is 2.16 bits per heavy atom. The molecule has 0 aliphatic carbocycles. The number of aromatic nitrogens is 1. The highest BCUT2D eigenvalue weighted by Crippen LogP contribution is 2.22. The van der Waals surface area contributed by atoms with Crippen LogP contribution in [0, 0.1) is 0 Å². The van der Waals surface area contributed by atoms with E-state index >= 15 is 0 Å². The molecule has 2 heterocycles. The van der Waals surface area contributed by atoms with Crippen molar-refractivity contribution in [2.75, 3.05) is 7.11 Å². The van der Waals surface area contributed by atoms with E-state index in [-0.39, 0.29) is 42.9 Å². The first-order valence-corrected chi connectivity index (χ1v) is 8.23. The van der Waals surface area contributed by atoms with Gasteiger partial charge in [-0.05, 0) is 31.0 Å². The average Bonchev–Trinajstić information content (AvgIpc) is 2.93. The largest absolute Gasteiger partial charge is 0.465 e. The highest BCUT2D eigenvalue weighted by atomic mass is 35.5. The molecule has 25 heavy (non-hydrogen) atoms. The van der Waals surface area contributed by atoms with Crippen molar-refractivity contribution in [1.29, 1.82) is 0 Å². The number of nitrogens with zero attached hydrogens (tertiary/aromatic N) is 1. The van der Waals surface area contributed by atoms with Crippen LogP contribution in [0.3, 0.4) is 0 Å². The van der Waals surface area contributed by atoms with Gasteiger partial charge in [0.15, 0.2) is 0 Å². The highest BCUT2D eigenvalue weighted by Gasteiger charge is 2.19. The molecule has 0 aliphatic rings. The second kappa shape index (κ2) is 10.7. The number of methoxy groups -OCH3 is 1. The smallest absolute Gasteiger partial charge is 0.340 e. The lowest BCUT2D eigenvalue weighted by Gasteiger charge is -2.15. The van der Waals surface area contributed by atoms with Crippen molar-refractivity contribution in [2.45, 2.75) is 51.6 Å². The zero-order valence-corrected chi connectivity index (χ0v) is 16.7. The molecule has 0 saturated carbocycles. The van der Waals surface area contributed by atoms with Gasteiger partial charge in [0.25, 0.3) is 0 Å². The first kappa shape index (κ1) is 23.7. The number of carbonyl (C=O) groups excluding carboxylic acids is 1. The van der Waals surface area contributed by atoms with E-state index in [1.54, 1.807) is 0 Å². The van der Waals surface area contributed by atoms with E-state index in [1.807, 2.05) is 18.2 Å². The fourth-order valence-corrected chi connectivity index (χ4v) is 2.82. The maximum Gasteiger partial charge on any atom is 0.340 e. The van der Waals surface area contributed by atoms with Gasteiger partial charge in [0.2, 0.25) is 0 Å². The van der Waals surface area contributed by atoms with Gasteiger partial charge in [-0.15, -0.1) is 24.8 Å². The van der Waals surface area contributed by atoms with Crippen LogP contribution in [-0.4, -0.2) is 29.6 Å². The molecule has 0 fully saturated rings. The molecule has 2 unspecified atom stereocenters. The maximum absolute atomic E-state index is 12.1. The third-order valence-corrected chi connectivity index (χ3v) is 4.34. The van der Waals surface area contributed by atoms with Gasteiger partial charge in [0.1, 0.15) is 0 Å². The van der Waals surface area contributed by atoms with Crippen molar-refractivity contribution in [3.8, 4) is 0 Å². The van der Waals surface area contributed by atoms with Crippen LogP contribution in [0.5, 0.6) is 0 Å². The molecule has 0 aromatic carbocycles. The second-order valence-corrected chi connectivity index (χ2v) is 6.02. The summed E-state index contributed by atoms with van der Waals surface area (Å²) in [5.74, 6) is -0.323. The quantitative estimate of drug-likeness (QED) is 0.712. The van der Waals surface area contributed by atoms with Crippen LogP contribution < -0.4 is 11.5 Å². The van der Waals surface area contributed by atoms with E-state index in [1.165, 1.54) is 7.11 Å². The fourth-order valence-electron chi connectivity index (χ4n) is 2.82. The summed E-state index contributed by atoms with van der Waals surface area (Å²) in [7, 11) is 1.40. The van der Waals surface area contributed by atoms with Gasteiger partial charge in [0, 0.05) is 36.3 Å². The summed E-state index contributed by atoms with van der Waals surface area (Å²) < 4.78 is 7.05. The lowest BCUT2D eigenvalue weighted by atomic mass is 10.1. The molecule has 2 aromatic rings. The summed E-state index contributed by atoms with van der Waals surface area (Å²) in [6, 6.07) is 8.02. The molecule has 0 aliphatic heterocycles. The van der Waals surface area contributed by atoms with E-state index in [0.29, 0.717) is 12.0 Å². The van der Waals surface area contributed by atoms with Gasteiger partial charge in [-0.2, -0.15) is 0 Å². The number of nitrogens with two attached hydrogens (primary N) is 2. The summed E-state index contributed by atoms with van der Waals surface area (Å²) in [5, 5.41) is 0. The fraction of sp³-hybridized carbons (Fsp3) is 0.500. The highest BCUT2D eigenvalue weighted by molar-refractivity contribution is 5.97. The van der Waals surface area contributed by atoms with Crippen molar-refractivity contribution >= 4 is 36.3 Å². The number of hydrogen-bond donors (Lipinski definition) is 2. The zero-order valence-electron chi connectivity index (χ0n) is 15.0. The average molecular weight is 390 g/mol. The Morgan fingerprint density at radius 1 is 1.08 bits per heavy atom. The molecule has 0 amide bonds. The first-order chi connectivity index (χ1) is 11.0. The molecule has 2 atom stereocenters. The molecule has 0 bridgehead atoms. The summed E-state index contributed by atoms with van der Waals surface area (Å²) in [5.41, 5.74) is 15.9. The standard InChI is InChI=1S/C18H27N3O2.2ClH/c1-4-12(19)9-14-7-6-8-17-16(18(22)23-3)11-15(21(14)17)10-13(20)5-2;;/h6-8,11-13H,4-5,9-10,19-20H2,1-3H3;2*1H. The Morgan fingerprint density at radius 2 is 1.64 bits per heavy atom. The first-order valence-electron chi connectivity index (χ1n) is 8.23. The van der Waals surface area contributed by atoms with E-state index in [2.05, 4.69) is 24.3 Å². The Hall–Kier alpha value is -1.27. The van der Waals surface area contributed by atoms with Crippen LogP contribution in [0.1, 0.15) is 48.4 Å². The third kappa shape index (κ3) is 5.35. The number of rotatable bonds is 7. The van der Waals surface area contributed by atoms with Gasteiger partial charge >= 0.3 is 5.97 Å². The molecular weight excluding hydrogens is 361 g/mol. The summed E-state index contributed by atoms with van der Waals surface area (Å²) in [6.07, 6.45) is 3.27. The van der Waals surface area contributed by atoms with Crippen molar-refractivity contribution < 1.29 is 9.53 Å². The van der Waals surface area contributed by atoms with E-state index in [9.17, 15) is 4.79 Å². The Labute approximate surface area is 161 Å². The Balaban J connectivity index is 0.00000288. The topological polar surface area (TPSA) is 82.8 Å². The van der Waals surface area contributed by atoms with Crippen molar-refractivity contribution in [2.24, 2.45) is 11.5 Å². The number of esters is 1. The molecular formula is C18H29Cl2N3O2. The van der Waals surface area contributed by atoms with Gasteiger partial charge in [-0.3, -0.25) is 0 Å². The molecule has 0 spiro atoms. The lowest BCUT2D eigenvalue weighted by Crippen LogP contribution is -2.24. The zero-order chi connectivity index (χ0) is 17.0. The van der Waals surface area contributed by atoms with E-state index in [4.69, 9.17) is 16.2 Å². The van der Waals surface area contributed by atoms with Gasteiger partial charge in [-0.1, -0.05) is 19.9 Å². The van der Waals surface area contributed by atoms with Crippen molar-refractivity contribution in [3.05, 3.63) is 41.2 Å². The summed E-state index contributed by atoms with van der Waals surface area (Å²) >= 11 is 0. The number of halogens is 2. The number of hydrogen-bond acceptors (Lipinski definition) is 4. The molecule has 2 rings (SSSR count). The molecule has 2 aromatic heterocycles. The summed E-state index contributed by atoms with van der Waals surface area (Å²) in [6.45, 7) is 4.14. The molecule has 7 heteroatoms. The molecule has 4 N–H and O–H groups in total. The molecule has 142 valence electrons. The minimum Gasteiger partial charge on any atom is -0.465 e. The van der Waals surface area contributed by atoms with Crippen molar-refractivity contribution in [1.82, 2.24) is 4.40 Å². The Kier molecular flexibility index (Phi) is 10.1. The number of pyridine rings is 1. The van der Waals surface area contributed by atoms with Crippen LogP contribution in [-0.2, 0) is 17.6 Å². The third-order valence-electron chi connectivity index (χ3n) is 4.34. The maximum atomic E-state index is 12.1. The SMILES string of the molecule is CCC(N)Cc1cccc2c(C(=O)OC)cc(CC(N)CC)n12.Cl.Cl. The van der Waals surface area contributed by atoms with Crippen LogP contribution in [0.15, 0.2) is 24.3 Å². The number of carbonyl (C=O) groups is 1. The number of ether oxygens (including phenoxy) is 1. The van der Waals surface area contributed by atoms with Gasteiger partial charge < -0.3 is 20.6 Å². The predicted octanol–water partition coefficient (Wildman–Crippen LogP) is 3.13. The molecule has 0 saturated heterocycles. The van der Waals surface area contributed by atoms with Crippen LogP contribution in [0.2, 0.25) is 0 Å². The Bertz CT molecular complexity index is 688. The monoisotopic (exact) mass is 389 g/mol. The van der Waals surface area contributed by atoms with Crippen LogP contribution in [0.25, 0.3) is 5.52 Å². The minimum atomic E-state index is -0.323. The summed E-state index contributed by atoms with van der Waals surface area (Å²) in [4.78, 5) is 12.1. The van der Waals surface area contributed by atoms with Gasteiger partial charge in [-0.25, -0.2) is 4.79 Å². The van der Waals surface area contributed by atoms with Crippen molar-refractivity contribution in [3.63, 3.8) is 0 Å². The van der Waals surface area contributed by atoms with Gasteiger partial charge in [0.05, 0.1) is 18.2 Å². The minimum absolute atomic E-state index is 0.